The van der Waals surface area contributed by atoms with Crippen LogP contribution in [0.1, 0.15) is 25.3 Å². The first-order valence-corrected chi connectivity index (χ1v) is 6.62. The molecule has 0 spiro atoms. The highest BCUT2D eigenvalue weighted by Crippen LogP contribution is 2.33. The van der Waals surface area contributed by atoms with Crippen LogP contribution in [0.3, 0.4) is 0 Å². The lowest BCUT2D eigenvalue weighted by Crippen LogP contribution is -2.03. The summed E-state index contributed by atoms with van der Waals surface area (Å²) in [6, 6.07) is 11.8. The largest absolute Gasteiger partial charge is 0.383 e. The molecule has 0 aliphatic rings. The molecule has 0 aliphatic carbocycles. The van der Waals surface area contributed by atoms with Gasteiger partial charge in [-0.15, -0.1) is 0 Å². The number of aromatic nitrogens is 4. The second-order valence-corrected chi connectivity index (χ2v) is 5.02. The van der Waals surface area contributed by atoms with Crippen LogP contribution < -0.4 is 5.73 Å². The third-order valence-corrected chi connectivity index (χ3v) is 3.29. The maximum Gasteiger partial charge on any atom is 0.131 e. The Morgan fingerprint density at radius 2 is 1.90 bits per heavy atom. The number of hydrogen-bond donors (Lipinski definition) is 2. The third kappa shape index (κ3) is 1.97. The molecule has 0 aliphatic heterocycles. The predicted molar refractivity (Wildman–Crippen MR) is 79.6 cm³/mol. The van der Waals surface area contributed by atoms with E-state index in [9.17, 15) is 0 Å². The van der Waals surface area contributed by atoms with Crippen molar-refractivity contribution in [2.45, 2.75) is 19.8 Å². The molecule has 3 aromatic rings. The van der Waals surface area contributed by atoms with Gasteiger partial charge in [0.25, 0.3) is 0 Å². The molecule has 0 atom stereocenters. The van der Waals surface area contributed by atoms with Crippen molar-refractivity contribution < 1.29 is 0 Å². The van der Waals surface area contributed by atoms with Gasteiger partial charge in [-0.2, -0.15) is 10.2 Å². The van der Waals surface area contributed by atoms with Crippen LogP contribution in [0.5, 0.6) is 0 Å². The number of nitrogen functional groups attached to an aromatic ring is 1. The Morgan fingerprint density at radius 1 is 1.15 bits per heavy atom. The molecule has 2 aromatic heterocycles. The maximum atomic E-state index is 6.31. The molecule has 3 rings (SSSR count). The van der Waals surface area contributed by atoms with Crippen molar-refractivity contribution in [2.24, 2.45) is 0 Å². The summed E-state index contributed by atoms with van der Waals surface area (Å²) in [5.41, 5.74) is 10.0. The Bertz CT molecular complexity index is 695. The highest BCUT2D eigenvalue weighted by atomic mass is 15.3. The minimum Gasteiger partial charge on any atom is -0.383 e. The van der Waals surface area contributed by atoms with Crippen molar-refractivity contribution in [2.75, 3.05) is 5.73 Å². The van der Waals surface area contributed by atoms with E-state index in [1.165, 1.54) is 0 Å². The quantitative estimate of drug-likeness (QED) is 0.766. The Kier molecular flexibility index (Phi) is 3.02. The number of H-pyrrole nitrogens is 1. The van der Waals surface area contributed by atoms with Crippen molar-refractivity contribution in [1.29, 1.82) is 0 Å². The zero-order valence-corrected chi connectivity index (χ0v) is 11.5. The van der Waals surface area contributed by atoms with Gasteiger partial charge in [-0.25, -0.2) is 4.68 Å². The first-order valence-electron chi connectivity index (χ1n) is 6.62. The molecule has 20 heavy (non-hydrogen) atoms. The van der Waals surface area contributed by atoms with Gasteiger partial charge in [0.2, 0.25) is 0 Å². The van der Waals surface area contributed by atoms with Crippen molar-refractivity contribution in [1.82, 2.24) is 20.0 Å². The Balaban J connectivity index is 2.22. The zero-order valence-electron chi connectivity index (χ0n) is 11.5. The summed E-state index contributed by atoms with van der Waals surface area (Å²) in [6.45, 7) is 4.23. The summed E-state index contributed by atoms with van der Waals surface area (Å²) in [5.74, 6) is 0.960. The Hall–Kier alpha value is -2.56. The maximum absolute atomic E-state index is 6.31. The minimum atomic E-state index is 0.283. The average Bonchev–Trinajstić information content (AvgIpc) is 3.06. The molecule has 0 bridgehead atoms. The zero-order chi connectivity index (χ0) is 14.1. The number of aromatic amines is 1. The fraction of sp³-hybridized carbons (Fsp3) is 0.200. The second-order valence-electron chi connectivity index (χ2n) is 5.02. The summed E-state index contributed by atoms with van der Waals surface area (Å²) in [7, 11) is 0. The number of benzene rings is 1. The fourth-order valence-corrected chi connectivity index (χ4v) is 2.37. The summed E-state index contributed by atoms with van der Waals surface area (Å²) >= 11 is 0. The van der Waals surface area contributed by atoms with E-state index in [-0.39, 0.29) is 5.92 Å². The van der Waals surface area contributed by atoms with Crippen LogP contribution in [0.15, 0.2) is 42.6 Å². The van der Waals surface area contributed by atoms with Crippen LogP contribution in [-0.4, -0.2) is 20.0 Å². The molecule has 102 valence electrons. The minimum absolute atomic E-state index is 0.283. The Labute approximate surface area is 117 Å². The van der Waals surface area contributed by atoms with Crippen molar-refractivity contribution in [3.63, 3.8) is 0 Å². The van der Waals surface area contributed by atoms with E-state index in [1.54, 1.807) is 10.9 Å². The molecule has 5 heteroatoms. The molecule has 0 amide bonds. The summed E-state index contributed by atoms with van der Waals surface area (Å²) < 4.78 is 1.78. The van der Waals surface area contributed by atoms with E-state index in [2.05, 4.69) is 29.1 Å². The smallest absolute Gasteiger partial charge is 0.131 e. The third-order valence-electron chi connectivity index (χ3n) is 3.29. The molecule has 0 radical (unpaired) electrons. The number of para-hydroxylation sites is 1. The summed E-state index contributed by atoms with van der Waals surface area (Å²) in [4.78, 5) is 0. The number of nitrogens with zero attached hydrogens (tertiary/aromatic N) is 3. The van der Waals surface area contributed by atoms with Gasteiger partial charge in [0.05, 0.1) is 11.4 Å². The first kappa shape index (κ1) is 12.5. The second kappa shape index (κ2) is 4.85. The van der Waals surface area contributed by atoms with Gasteiger partial charge >= 0.3 is 0 Å². The topological polar surface area (TPSA) is 72.5 Å². The van der Waals surface area contributed by atoms with Crippen LogP contribution in [0.4, 0.5) is 5.82 Å². The summed E-state index contributed by atoms with van der Waals surface area (Å²) in [5, 5.41) is 11.6. The van der Waals surface area contributed by atoms with Crippen LogP contribution >= 0.6 is 0 Å². The lowest BCUT2D eigenvalue weighted by molar-refractivity contribution is 0.867. The molecule has 1 aromatic carbocycles. The van der Waals surface area contributed by atoms with E-state index in [0.717, 1.165) is 22.6 Å². The molecular formula is C15H17N5. The van der Waals surface area contributed by atoms with E-state index in [1.807, 2.05) is 36.4 Å². The molecule has 0 saturated carbocycles. The van der Waals surface area contributed by atoms with Gasteiger partial charge in [0.1, 0.15) is 11.5 Å². The van der Waals surface area contributed by atoms with Crippen LogP contribution in [0.2, 0.25) is 0 Å². The van der Waals surface area contributed by atoms with Crippen molar-refractivity contribution in [3.8, 4) is 17.1 Å². The Morgan fingerprint density at radius 3 is 2.50 bits per heavy atom. The highest BCUT2D eigenvalue weighted by Gasteiger charge is 2.21. The molecular weight excluding hydrogens is 250 g/mol. The molecule has 0 saturated heterocycles. The molecule has 0 unspecified atom stereocenters. The van der Waals surface area contributed by atoms with E-state index in [0.29, 0.717) is 5.82 Å². The van der Waals surface area contributed by atoms with Crippen molar-refractivity contribution in [3.05, 3.63) is 48.2 Å². The SMILES string of the molecule is CC(C)c1c(-c2ccn[nH]2)nn(-c2ccccc2)c1N. The lowest BCUT2D eigenvalue weighted by atomic mass is 10.0. The van der Waals surface area contributed by atoms with Gasteiger partial charge in [-0.3, -0.25) is 5.10 Å². The van der Waals surface area contributed by atoms with E-state index in [4.69, 9.17) is 5.73 Å². The standard InChI is InChI=1S/C15H17N5/c1-10(2)13-14(12-8-9-17-18-12)19-20(15(13)16)11-6-4-3-5-7-11/h3-10H,16H2,1-2H3,(H,17,18). The van der Waals surface area contributed by atoms with Crippen molar-refractivity contribution >= 4 is 5.82 Å². The van der Waals surface area contributed by atoms with Gasteiger partial charge in [-0.1, -0.05) is 32.0 Å². The number of hydrogen-bond acceptors (Lipinski definition) is 3. The number of rotatable bonds is 3. The van der Waals surface area contributed by atoms with Gasteiger partial charge < -0.3 is 5.73 Å². The number of nitrogens with one attached hydrogen (secondary N) is 1. The number of anilines is 1. The van der Waals surface area contributed by atoms with Gasteiger partial charge in [0, 0.05) is 11.8 Å². The lowest BCUT2D eigenvalue weighted by Gasteiger charge is -2.07. The fourth-order valence-electron chi connectivity index (χ4n) is 2.37. The highest BCUT2D eigenvalue weighted by molar-refractivity contribution is 5.67. The monoisotopic (exact) mass is 267 g/mol. The molecule has 3 N–H and O–H groups in total. The number of nitrogens with two attached hydrogens (primary N) is 1. The first-order chi connectivity index (χ1) is 9.68. The normalized spacial score (nSPS) is 11.2. The van der Waals surface area contributed by atoms with E-state index < -0.39 is 0 Å². The van der Waals surface area contributed by atoms with Gasteiger partial charge in [-0.05, 0) is 24.1 Å². The predicted octanol–water partition coefficient (Wildman–Crippen LogP) is 2.97. The molecule has 2 heterocycles. The average molecular weight is 267 g/mol. The van der Waals surface area contributed by atoms with Crippen LogP contribution in [0.25, 0.3) is 17.1 Å². The van der Waals surface area contributed by atoms with Crippen LogP contribution in [0, 0.1) is 0 Å². The molecule has 0 fully saturated rings. The molecule has 5 nitrogen and oxygen atoms in total. The van der Waals surface area contributed by atoms with E-state index >= 15 is 0 Å². The van der Waals surface area contributed by atoms with Crippen LogP contribution in [-0.2, 0) is 0 Å². The summed E-state index contributed by atoms with van der Waals surface area (Å²) in [6.07, 6.45) is 1.72. The van der Waals surface area contributed by atoms with Gasteiger partial charge in [0.15, 0.2) is 0 Å².